The molecule has 96 valence electrons. The lowest BCUT2D eigenvalue weighted by molar-refractivity contribution is -0.117. The van der Waals surface area contributed by atoms with Gasteiger partial charge in [0.25, 0.3) is 0 Å². The van der Waals surface area contributed by atoms with E-state index >= 15 is 0 Å². The van der Waals surface area contributed by atoms with Crippen LogP contribution < -0.4 is 10.1 Å². The highest BCUT2D eigenvalue weighted by molar-refractivity contribution is 5.92. The average molecular weight is 245 g/mol. The molecule has 18 heavy (non-hydrogen) atoms. The van der Waals surface area contributed by atoms with E-state index in [-0.39, 0.29) is 11.9 Å². The third-order valence-electron chi connectivity index (χ3n) is 3.25. The highest BCUT2D eigenvalue weighted by Gasteiger charge is 2.28. The summed E-state index contributed by atoms with van der Waals surface area (Å²) in [5, 5.41) is 2.98. The van der Waals surface area contributed by atoms with E-state index in [1.165, 1.54) is 12.8 Å². The minimum atomic E-state index is -0.0414. The lowest BCUT2D eigenvalue weighted by Crippen LogP contribution is -2.32. The molecule has 0 aliphatic heterocycles. The number of ether oxygens (including phenoxy) is 1. The van der Waals surface area contributed by atoms with Crippen molar-refractivity contribution >= 4 is 12.0 Å². The molecule has 1 aromatic carbocycles. The fraction of sp³-hybridized carbons (Fsp3) is 0.400. The Morgan fingerprint density at radius 1 is 1.44 bits per heavy atom. The van der Waals surface area contributed by atoms with Gasteiger partial charge in [-0.05, 0) is 37.8 Å². The van der Waals surface area contributed by atoms with Crippen LogP contribution in [0.3, 0.4) is 0 Å². The van der Waals surface area contributed by atoms with Gasteiger partial charge in [-0.3, -0.25) is 4.79 Å². The summed E-state index contributed by atoms with van der Waals surface area (Å²) in [6.45, 7) is 2.06. The van der Waals surface area contributed by atoms with Crippen molar-refractivity contribution in [2.24, 2.45) is 5.92 Å². The molecule has 3 nitrogen and oxygen atoms in total. The molecule has 1 aliphatic carbocycles. The zero-order valence-corrected chi connectivity index (χ0v) is 10.8. The maximum atomic E-state index is 11.7. The summed E-state index contributed by atoms with van der Waals surface area (Å²) in [7, 11) is 1.63. The lowest BCUT2D eigenvalue weighted by Gasteiger charge is -2.10. The monoisotopic (exact) mass is 245 g/mol. The van der Waals surface area contributed by atoms with Crippen molar-refractivity contribution in [3.63, 3.8) is 0 Å². The first-order valence-corrected chi connectivity index (χ1v) is 6.32. The number of rotatable bonds is 5. The van der Waals surface area contributed by atoms with Crippen molar-refractivity contribution in [3.8, 4) is 5.75 Å². The van der Waals surface area contributed by atoms with E-state index in [9.17, 15) is 4.79 Å². The Morgan fingerprint density at radius 3 is 2.83 bits per heavy atom. The maximum Gasteiger partial charge on any atom is 0.244 e. The summed E-state index contributed by atoms with van der Waals surface area (Å²) < 4.78 is 5.22. The fourth-order valence-electron chi connectivity index (χ4n) is 1.96. The van der Waals surface area contributed by atoms with E-state index in [1.54, 1.807) is 19.3 Å². The lowest BCUT2D eigenvalue weighted by atomic mass is 10.2. The molecule has 0 bridgehead atoms. The van der Waals surface area contributed by atoms with E-state index in [2.05, 4.69) is 12.2 Å². The third-order valence-corrected chi connectivity index (χ3v) is 3.25. The number of hydrogen-bond acceptors (Lipinski definition) is 2. The minimum Gasteiger partial charge on any atom is -0.496 e. The van der Waals surface area contributed by atoms with E-state index in [0.717, 1.165) is 11.3 Å². The van der Waals surface area contributed by atoms with Crippen LogP contribution >= 0.6 is 0 Å². The second kappa shape index (κ2) is 5.71. The highest BCUT2D eigenvalue weighted by atomic mass is 16.5. The first-order valence-electron chi connectivity index (χ1n) is 6.32. The van der Waals surface area contributed by atoms with Crippen LogP contribution in [0, 0.1) is 5.92 Å². The van der Waals surface area contributed by atoms with Crippen LogP contribution in [0.5, 0.6) is 5.75 Å². The van der Waals surface area contributed by atoms with Gasteiger partial charge in [0.15, 0.2) is 0 Å². The zero-order valence-electron chi connectivity index (χ0n) is 10.8. The number of hydrogen-bond donors (Lipinski definition) is 1. The van der Waals surface area contributed by atoms with Gasteiger partial charge in [0.1, 0.15) is 5.75 Å². The summed E-state index contributed by atoms with van der Waals surface area (Å²) in [6, 6.07) is 7.91. The van der Waals surface area contributed by atoms with Gasteiger partial charge in [-0.25, -0.2) is 0 Å². The molecule has 0 heterocycles. The molecule has 1 aromatic rings. The van der Waals surface area contributed by atoms with Gasteiger partial charge in [-0.1, -0.05) is 18.2 Å². The predicted octanol–water partition coefficient (Wildman–Crippen LogP) is 2.62. The summed E-state index contributed by atoms with van der Waals surface area (Å²) in [5.41, 5.74) is 0.911. The number of carbonyl (C=O) groups excluding carboxylic acids is 1. The second-order valence-electron chi connectivity index (χ2n) is 4.71. The zero-order chi connectivity index (χ0) is 13.0. The number of benzene rings is 1. The van der Waals surface area contributed by atoms with Gasteiger partial charge in [0.05, 0.1) is 7.11 Å². The molecule has 1 unspecified atom stereocenters. The van der Waals surface area contributed by atoms with Crippen molar-refractivity contribution in [2.75, 3.05) is 7.11 Å². The van der Waals surface area contributed by atoms with Crippen LogP contribution in [-0.2, 0) is 4.79 Å². The van der Waals surface area contributed by atoms with Gasteiger partial charge in [0, 0.05) is 17.7 Å². The van der Waals surface area contributed by atoms with Crippen molar-refractivity contribution in [2.45, 2.75) is 25.8 Å². The quantitative estimate of drug-likeness (QED) is 0.810. The molecule has 0 saturated heterocycles. The molecule has 3 heteroatoms. The van der Waals surface area contributed by atoms with Gasteiger partial charge in [-0.2, -0.15) is 0 Å². The minimum absolute atomic E-state index is 0.0414. The number of amides is 1. The van der Waals surface area contributed by atoms with Gasteiger partial charge >= 0.3 is 0 Å². The molecule has 2 rings (SSSR count). The van der Waals surface area contributed by atoms with Crippen molar-refractivity contribution < 1.29 is 9.53 Å². The Hall–Kier alpha value is -1.77. The summed E-state index contributed by atoms with van der Waals surface area (Å²) >= 11 is 0. The largest absolute Gasteiger partial charge is 0.496 e. The standard InChI is InChI=1S/C15H19NO2/c1-11(12-7-8-12)16-15(17)10-9-13-5-3-4-6-14(13)18-2/h3-6,9-12H,7-8H2,1-2H3,(H,16,17)/b10-9+. The molecule has 1 amide bonds. The van der Waals surface area contributed by atoms with E-state index in [1.807, 2.05) is 24.3 Å². The molecule has 1 fully saturated rings. The molecule has 1 N–H and O–H groups in total. The normalized spacial score (nSPS) is 16.6. The summed E-state index contributed by atoms with van der Waals surface area (Å²) in [6.07, 6.45) is 5.82. The molecule has 0 radical (unpaired) electrons. The highest BCUT2D eigenvalue weighted by Crippen LogP contribution is 2.32. The Labute approximate surface area is 108 Å². The summed E-state index contributed by atoms with van der Waals surface area (Å²) in [5.74, 6) is 1.41. The van der Waals surface area contributed by atoms with Crippen LogP contribution in [0.25, 0.3) is 6.08 Å². The average Bonchev–Trinajstić information content (AvgIpc) is 3.21. The fourth-order valence-corrected chi connectivity index (χ4v) is 1.96. The van der Waals surface area contributed by atoms with E-state index < -0.39 is 0 Å². The van der Waals surface area contributed by atoms with Gasteiger partial charge in [-0.15, -0.1) is 0 Å². The molecule has 0 spiro atoms. The van der Waals surface area contributed by atoms with Crippen LogP contribution in [0.2, 0.25) is 0 Å². The predicted molar refractivity (Wildman–Crippen MR) is 72.4 cm³/mol. The Morgan fingerprint density at radius 2 is 2.17 bits per heavy atom. The second-order valence-corrected chi connectivity index (χ2v) is 4.71. The third kappa shape index (κ3) is 3.36. The Kier molecular flexibility index (Phi) is 4.03. The molecule has 1 atom stereocenters. The molecule has 1 aliphatic rings. The molecule has 0 aromatic heterocycles. The van der Waals surface area contributed by atoms with Crippen molar-refractivity contribution in [1.82, 2.24) is 5.32 Å². The van der Waals surface area contributed by atoms with Crippen LogP contribution in [-0.4, -0.2) is 19.1 Å². The number of nitrogens with one attached hydrogen (secondary N) is 1. The number of para-hydroxylation sites is 1. The van der Waals surface area contributed by atoms with Gasteiger partial charge in [0.2, 0.25) is 5.91 Å². The summed E-state index contributed by atoms with van der Waals surface area (Å²) in [4.78, 5) is 11.7. The first-order chi connectivity index (χ1) is 8.70. The van der Waals surface area contributed by atoms with Crippen molar-refractivity contribution in [1.29, 1.82) is 0 Å². The SMILES string of the molecule is COc1ccccc1/C=C/C(=O)NC(C)C1CC1. The van der Waals surface area contributed by atoms with E-state index in [4.69, 9.17) is 4.74 Å². The number of methoxy groups -OCH3 is 1. The number of carbonyl (C=O) groups is 1. The topological polar surface area (TPSA) is 38.3 Å². The van der Waals surface area contributed by atoms with Crippen LogP contribution in [0.4, 0.5) is 0 Å². The first kappa shape index (κ1) is 12.7. The molecular weight excluding hydrogens is 226 g/mol. The molecular formula is C15H19NO2. The molecule has 1 saturated carbocycles. The van der Waals surface area contributed by atoms with Crippen LogP contribution in [0.1, 0.15) is 25.3 Å². The Bertz CT molecular complexity index is 450. The maximum absolute atomic E-state index is 11.7. The van der Waals surface area contributed by atoms with Crippen molar-refractivity contribution in [3.05, 3.63) is 35.9 Å². The van der Waals surface area contributed by atoms with Gasteiger partial charge < -0.3 is 10.1 Å². The smallest absolute Gasteiger partial charge is 0.244 e. The van der Waals surface area contributed by atoms with E-state index in [0.29, 0.717) is 5.92 Å². The Balaban J connectivity index is 1.94. The van der Waals surface area contributed by atoms with Crippen LogP contribution in [0.15, 0.2) is 30.3 Å².